The zero-order valence-electron chi connectivity index (χ0n) is 9.94. The van der Waals surface area contributed by atoms with Gasteiger partial charge in [0.05, 0.1) is 26.4 Å². The van der Waals surface area contributed by atoms with Crippen molar-refractivity contribution in [2.45, 2.75) is 17.7 Å². The summed E-state index contributed by atoms with van der Waals surface area (Å²) in [5, 5.41) is 8.47. The second-order valence-electron chi connectivity index (χ2n) is 3.94. The van der Waals surface area contributed by atoms with E-state index in [9.17, 15) is 4.79 Å². The minimum Gasteiger partial charge on any atom is -0.394 e. The molecule has 1 aliphatic heterocycles. The van der Waals surface area contributed by atoms with Crippen LogP contribution in [0.25, 0.3) is 0 Å². The highest BCUT2D eigenvalue weighted by molar-refractivity contribution is 9.09. The van der Waals surface area contributed by atoms with Crippen molar-refractivity contribution in [2.24, 2.45) is 0 Å². The van der Waals surface area contributed by atoms with Crippen molar-refractivity contribution in [3.05, 3.63) is 0 Å². The molecule has 0 radical (unpaired) electrons. The van der Waals surface area contributed by atoms with Crippen LogP contribution in [0.5, 0.6) is 0 Å². The first-order valence-corrected chi connectivity index (χ1v) is 6.84. The number of carbonyl (C=O) groups is 1. The lowest BCUT2D eigenvalue weighted by molar-refractivity contribution is -0.127. The lowest BCUT2D eigenvalue weighted by Gasteiger charge is -2.15. The van der Waals surface area contributed by atoms with Crippen molar-refractivity contribution in [1.29, 1.82) is 0 Å². The van der Waals surface area contributed by atoms with E-state index in [0.717, 1.165) is 19.5 Å². The van der Waals surface area contributed by atoms with Gasteiger partial charge in [-0.25, -0.2) is 0 Å². The van der Waals surface area contributed by atoms with Crippen molar-refractivity contribution >= 4 is 21.8 Å². The molecular formula is C11H20BrNO4. The molecule has 1 aliphatic rings. The number of nitrogens with zero attached hydrogens (tertiary/aromatic N) is 1. The Bertz CT molecular complexity index is 228. The van der Waals surface area contributed by atoms with E-state index in [1.165, 1.54) is 0 Å². The summed E-state index contributed by atoms with van der Waals surface area (Å²) in [6.45, 7) is 3.65. The van der Waals surface area contributed by atoms with E-state index >= 15 is 0 Å². The third-order valence-electron chi connectivity index (χ3n) is 2.49. The molecule has 100 valence electrons. The SMILES string of the molecule is O=C1CC(Br)CN1CCCOCCOCCO. The molecule has 0 aromatic rings. The highest BCUT2D eigenvalue weighted by Gasteiger charge is 2.26. The fourth-order valence-electron chi connectivity index (χ4n) is 1.68. The Morgan fingerprint density at radius 1 is 1.29 bits per heavy atom. The predicted molar refractivity (Wildman–Crippen MR) is 67.3 cm³/mol. The lowest BCUT2D eigenvalue weighted by Crippen LogP contribution is -2.27. The Morgan fingerprint density at radius 2 is 2.00 bits per heavy atom. The van der Waals surface area contributed by atoms with Gasteiger partial charge in [-0.3, -0.25) is 4.79 Å². The van der Waals surface area contributed by atoms with Crippen LogP contribution in [0.1, 0.15) is 12.8 Å². The largest absolute Gasteiger partial charge is 0.394 e. The third-order valence-corrected chi connectivity index (χ3v) is 3.10. The Labute approximate surface area is 110 Å². The number of halogens is 1. The van der Waals surface area contributed by atoms with Gasteiger partial charge in [0.25, 0.3) is 0 Å². The fourth-order valence-corrected chi connectivity index (χ4v) is 2.31. The van der Waals surface area contributed by atoms with Crippen LogP contribution in [0.15, 0.2) is 0 Å². The quantitative estimate of drug-likeness (QED) is 0.495. The molecule has 5 nitrogen and oxygen atoms in total. The van der Waals surface area contributed by atoms with Crippen LogP contribution in [-0.2, 0) is 14.3 Å². The molecule has 0 aliphatic carbocycles. The van der Waals surface area contributed by atoms with Crippen LogP contribution in [0.3, 0.4) is 0 Å². The minimum atomic E-state index is 0.0464. The standard InChI is InChI=1S/C11H20BrNO4/c12-10-8-11(15)13(9-10)2-1-4-16-6-7-17-5-3-14/h10,14H,1-9H2. The summed E-state index contributed by atoms with van der Waals surface area (Å²) in [6, 6.07) is 0. The average molecular weight is 310 g/mol. The second-order valence-corrected chi connectivity index (χ2v) is 5.24. The minimum absolute atomic E-state index is 0.0464. The van der Waals surface area contributed by atoms with Gasteiger partial charge in [-0.2, -0.15) is 0 Å². The summed E-state index contributed by atoms with van der Waals surface area (Å²) in [5.74, 6) is 0.221. The number of aliphatic hydroxyl groups excluding tert-OH is 1. The van der Waals surface area contributed by atoms with Crippen molar-refractivity contribution in [1.82, 2.24) is 4.90 Å². The van der Waals surface area contributed by atoms with E-state index in [2.05, 4.69) is 15.9 Å². The number of carbonyl (C=O) groups excluding carboxylic acids is 1. The van der Waals surface area contributed by atoms with Gasteiger partial charge >= 0.3 is 0 Å². The third kappa shape index (κ3) is 6.35. The maximum Gasteiger partial charge on any atom is 0.223 e. The number of aliphatic hydroxyl groups is 1. The van der Waals surface area contributed by atoms with E-state index in [-0.39, 0.29) is 12.5 Å². The zero-order valence-corrected chi connectivity index (χ0v) is 11.5. The highest BCUT2D eigenvalue weighted by Crippen LogP contribution is 2.17. The molecule has 6 heteroatoms. The van der Waals surface area contributed by atoms with Gasteiger partial charge in [-0.05, 0) is 6.42 Å². The van der Waals surface area contributed by atoms with Crippen LogP contribution >= 0.6 is 15.9 Å². The number of rotatable bonds is 9. The first-order chi connectivity index (χ1) is 8.24. The van der Waals surface area contributed by atoms with E-state index in [1.807, 2.05) is 4.90 Å². The summed E-state index contributed by atoms with van der Waals surface area (Å²) >= 11 is 3.45. The van der Waals surface area contributed by atoms with E-state index < -0.39 is 0 Å². The lowest BCUT2D eigenvalue weighted by atomic mass is 10.4. The molecule has 0 aromatic heterocycles. The fraction of sp³-hybridized carbons (Fsp3) is 0.909. The maximum absolute atomic E-state index is 11.4. The van der Waals surface area contributed by atoms with Crippen LogP contribution in [-0.4, -0.2) is 66.9 Å². The van der Waals surface area contributed by atoms with Gasteiger partial charge in [0, 0.05) is 30.9 Å². The summed E-state index contributed by atoms with van der Waals surface area (Å²) in [7, 11) is 0. The molecule has 0 aromatic carbocycles. The monoisotopic (exact) mass is 309 g/mol. The van der Waals surface area contributed by atoms with Crippen LogP contribution in [0.4, 0.5) is 0 Å². The second kappa shape index (κ2) is 8.85. The smallest absolute Gasteiger partial charge is 0.223 e. The van der Waals surface area contributed by atoms with E-state index in [0.29, 0.717) is 37.7 Å². The van der Waals surface area contributed by atoms with Gasteiger partial charge in [-0.1, -0.05) is 15.9 Å². The zero-order chi connectivity index (χ0) is 12.5. The Kier molecular flexibility index (Phi) is 7.75. The number of alkyl halides is 1. The van der Waals surface area contributed by atoms with Crippen LogP contribution in [0.2, 0.25) is 0 Å². The van der Waals surface area contributed by atoms with Crippen LogP contribution < -0.4 is 0 Å². The molecule has 0 spiro atoms. The Hall–Kier alpha value is -0.170. The molecule has 1 unspecified atom stereocenters. The topological polar surface area (TPSA) is 59.0 Å². The van der Waals surface area contributed by atoms with Gasteiger partial charge in [0.1, 0.15) is 0 Å². The molecule has 17 heavy (non-hydrogen) atoms. The number of ether oxygens (including phenoxy) is 2. The van der Waals surface area contributed by atoms with Crippen molar-refractivity contribution in [2.75, 3.05) is 46.1 Å². The molecule has 1 atom stereocenters. The van der Waals surface area contributed by atoms with E-state index in [4.69, 9.17) is 14.6 Å². The molecule has 1 N–H and O–H groups in total. The molecule has 0 saturated carbocycles. The number of hydrogen-bond acceptors (Lipinski definition) is 4. The number of hydrogen-bond donors (Lipinski definition) is 1. The number of likely N-dealkylation sites (tertiary alicyclic amines) is 1. The average Bonchev–Trinajstić information content (AvgIpc) is 2.61. The normalized spacial score (nSPS) is 20.2. The molecule has 1 amide bonds. The maximum atomic E-state index is 11.4. The first-order valence-electron chi connectivity index (χ1n) is 5.92. The van der Waals surface area contributed by atoms with Crippen molar-refractivity contribution < 1.29 is 19.4 Å². The molecule has 0 bridgehead atoms. The summed E-state index contributed by atoms with van der Waals surface area (Å²) in [4.78, 5) is 13.6. The Balaban J connectivity index is 1.89. The molecule has 1 fully saturated rings. The molecular weight excluding hydrogens is 290 g/mol. The van der Waals surface area contributed by atoms with Crippen LogP contribution in [0, 0.1) is 0 Å². The van der Waals surface area contributed by atoms with Crippen molar-refractivity contribution in [3.8, 4) is 0 Å². The van der Waals surface area contributed by atoms with Gasteiger partial charge in [0.2, 0.25) is 5.91 Å². The summed E-state index contributed by atoms with van der Waals surface area (Å²) in [6.07, 6.45) is 1.46. The predicted octanol–water partition coefficient (Wildman–Crippen LogP) is 0.398. The molecule has 1 heterocycles. The van der Waals surface area contributed by atoms with Gasteiger partial charge in [0.15, 0.2) is 0 Å². The highest BCUT2D eigenvalue weighted by atomic mass is 79.9. The molecule has 1 rings (SSSR count). The van der Waals surface area contributed by atoms with Gasteiger partial charge < -0.3 is 19.5 Å². The summed E-state index contributed by atoms with van der Waals surface area (Å²) < 4.78 is 10.4. The van der Waals surface area contributed by atoms with E-state index in [1.54, 1.807) is 0 Å². The number of amides is 1. The first kappa shape index (κ1) is 14.9. The molecule has 1 saturated heterocycles. The Morgan fingerprint density at radius 3 is 2.59 bits per heavy atom. The van der Waals surface area contributed by atoms with Gasteiger partial charge in [-0.15, -0.1) is 0 Å². The van der Waals surface area contributed by atoms with Crippen molar-refractivity contribution in [3.63, 3.8) is 0 Å². The summed E-state index contributed by atoms with van der Waals surface area (Å²) in [5.41, 5.74) is 0.